The van der Waals surface area contributed by atoms with Crippen molar-refractivity contribution in [3.8, 4) is 11.3 Å². The fourth-order valence-corrected chi connectivity index (χ4v) is 1.45. The van der Waals surface area contributed by atoms with E-state index in [1.54, 1.807) is 0 Å². The first-order valence-corrected chi connectivity index (χ1v) is 5.04. The van der Waals surface area contributed by atoms with Gasteiger partial charge in [0.05, 0.1) is 5.69 Å². The minimum absolute atomic E-state index is 0.0438. The topological polar surface area (TPSA) is 38.9 Å². The zero-order chi connectivity index (χ0) is 10.7. The second kappa shape index (κ2) is 4.24. The van der Waals surface area contributed by atoms with Crippen molar-refractivity contribution in [3.63, 3.8) is 0 Å². The lowest BCUT2D eigenvalue weighted by molar-refractivity contribution is 0.812. The standard InChI is InChI=1S/C13H14N2/c1-10(14)12-7-8-13(15-9-12)11-5-3-2-4-6-11/h2-10H,14H2,1H3/t10-/m1/s1. The Hall–Kier alpha value is -1.67. The monoisotopic (exact) mass is 198 g/mol. The van der Waals surface area contributed by atoms with Crippen molar-refractivity contribution in [2.75, 3.05) is 0 Å². The molecule has 2 heteroatoms. The normalized spacial score (nSPS) is 12.4. The Balaban J connectivity index is 2.32. The minimum atomic E-state index is 0.0438. The molecule has 0 saturated carbocycles. The Morgan fingerprint density at radius 3 is 2.33 bits per heavy atom. The van der Waals surface area contributed by atoms with E-state index in [1.165, 1.54) is 0 Å². The molecule has 0 bridgehead atoms. The number of rotatable bonds is 2. The van der Waals surface area contributed by atoms with Crippen LogP contribution in [0.1, 0.15) is 18.5 Å². The first kappa shape index (κ1) is 9.87. The van der Waals surface area contributed by atoms with E-state index in [-0.39, 0.29) is 6.04 Å². The van der Waals surface area contributed by atoms with Crippen molar-refractivity contribution >= 4 is 0 Å². The molecule has 0 radical (unpaired) electrons. The van der Waals surface area contributed by atoms with Crippen molar-refractivity contribution < 1.29 is 0 Å². The lowest BCUT2D eigenvalue weighted by atomic mass is 10.1. The van der Waals surface area contributed by atoms with Crippen LogP contribution in [0.2, 0.25) is 0 Å². The van der Waals surface area contributed by atoms with Crippen LogP contribution >= 0.6 is 0 Å². The molecule has 0 spiro atoms. The summed E-state index contributed by atoms with van der Waals surface area (Å²) in [4.78, 5) is 4.39. The Kier molecular flexibility index (Phi) is 2.79. The lowest BCUT2D eigenvalue weighted by Gasteiger charge is -2.06. The van der Waals surface area contributed by atoms with Crippen LogP contribution in [-0.4, -0.2) is 4.98 Å². The van der Waals surface area contributed by atoms with E-state index in [2.05, 4.69) is 4.98 Å². The van der Waals surface area contributed by atoms with Crippen molar-refractivity contribution in [1.29, 1.82) is 0 Å². The van der Waals surface area contributed by atoms with Gasteiger partial charge in [0.25, 0.3) is 0 Å². The first-order valence-electron chi connectivity index (χ1n) is 5.04. The van der Waals surface area contributed by atoms with Crippen molar-refractivity contribution in [2.24, 2.45) is 5.73 Å². The summed E-state index contributed by atoms with van der Waals surface area (Å²) in [6.07, 6.45) is 1.84. The van der Waals surface area contributed by atoms with Crippen LogP contribution in [0.5, 0.6) is 0 Å². The summed E-state index contributed by atoms with van der Waals surface area (Å²) in [6.45, 7) is 1.96. The Morgan fingerprint density at radius 2 is 1.80 bits per heavy atom. The highest BCUT2D eigenvalue weighted by Gasteiger charge is 2.01. The van der Waals surface area contributed by atoms with Crippen LogP contribution in [0.3, 0.4) is 0 Å². The highest BCUT2D eigenvalue weighted by atomic mass is 14.7. The van der Waals surface area contributed by atoms with Gasteiger partial charge in [-0.2, -0.15) is 0 Å². The van der Waals surface area contributed by atoms with Crippen LogP contribution in [0, 0.1) is 0 Å². The molecule has 0 aliphatic heterocycles. The van der Waals surface area contributed by atoms with Gasteiger partial charge in [0.1, 0.15) is 0 Å². The van der Waals surface area contributed by atoms with Gasteiger partial charge in [0.15, 0.2) is 0 Å². The number of aromatic nitrogens is 1. The highest BCUT2D eigenvalue weighted by molar-refractivity contribution is 5.58. The molecule has 76 valence electrons. The third kappa shape index (κ3) is 2.22. The predicted octanol–water partition coefficient (Wildman–Crippen LogP) is 2.77. The molecular formula is C13H14N2. The number of nitrogens with two attached hydrogens (primary N) is 1. The van der Waals surface area contributed by atoms with E-state index >= 15 is 0 Å². The maximum Gasteiger partial charge on any atom is 0.0702 e. The molecule has 15 heavy (non-hydrogen) atoms. The number of hydrogen-bond acceptors (Lipinski definition) is 2. The van der Waals surface area contributed by atoms with Crippen LogP contribution in [-0.2, 0) is 0 Å². The average molecular weight is 198 g/mol. The molecule has 2 N–H and O–H groups in total. The summed E-state index contributed by atoms with van der Waals surface area (Å²) in [7, 11) is 0. The lowest BCUT2D eigenvalue weighted by Crippen LogP contribution is -2.05. The van der Waals surface area contributed by atoms with Crippen LogP contribution < -0.4 is 5.73 Å². The Bertz CT molecular complexity index is 418. The maximum atomic E-state index is 5.76. The molecule has 0 fully saturated rings. The molecule has 2 rings (SSSR count). The number of nitrogens with zero attached hydrogens (tertiary/aromatic N) is 1. The summed E-state index contributed by atoms with van der Waals surface area (Å²) >= 11 is 0. The maximum absolute atomic E-state index is 5.76. The SMILES string of the molecule is C[C@@H](N)c1ccc(-c2ccccc2)nc1. The van der Waals surface area contributed by atoms with Crippen molar-refractivity contribution in [1.82, 2.24) is 4.98 Å². The number of pyridine rings is 1. The van der Waals surface area contributed by atoms with Gasteiger partial charge in [-0.3, -0.25) is 4.98 Å². The van der Waals surface area contributed by atoms with E-state index in [9.17, 15) is 0 Å². The third-order valence-corrected chi connectivity index (χ3v) is 2.38. The first-order chi connectivity index (χ1) is 7.27. The second-order valence-corrected chi connectivity index (χ2v) is 3.63. The fraction of sp³-hybridized carbons (Fsp3) is 0.154. The minimum Gasteiger partial charge on any atom is -0.324 e. The Morgan fingerprint density at radius 1 is 1.07 bits per heavy atom. The molecular weight excluding hydrogens is 184 g/mol. The fourth-order valence-electron chi connectivity index (χ4n) is 1.45. The van der Waals surface area contributed by atoms with Gasteiger partial charge >= 0.3 is 0 Å². The molecule has 1 aromatic carbocycles. The molecule has 0 amide bonds. The van der Waals surface area contributed by atoms with Crippen LogP contribution in [0.15, 0.2) is 48.7 Å². The van der Waals surface area contributed by atoms with Gasteiger partial charge in [-0.1, -0.05) is 36.4 Å². The quantitative estimate of drug-likeness (QED) is 0.805. The van der Waals surface area contributed by atoms with Gasteiger partial charge in [0, 0.05) is 17.8 Å². The largest absolute Gasteiger partial charge is 0.324 e. The summed E-state index contributed by atoms with van der Waals surface area (Å²) in [6, 6.07) is 14.2. The van der Waals surface area contributed by atoms with Gasteiger partial charge in [0.2, 0.25) is 0 Å². The molecule has 2 nitrogen and oxygen atoms in total. The second-order valence-electron chi connectivity index (χ2n) is 3.63. The number of benzene rings is 1. The molecule has 0 unspecified atom stereocenters. The van der Waals surface area contributed by atoms with Gasteiger partial charge in [-0.15, -0.1) is 0 Å². The third-order valence-electron chi connectivity index (χ3n) is 2.38. The summed E-state index contributed by atoms with van der Waals surface area (Å²) in [5.74, 6) is 0. The summed E-state index contributed by atoms with van der Waals surface area (Å²) < 4.78 is 0. The van der Waals surface area contributed by atoms with Crippen molar-refractivity contribution in [2.45, 2.75) is 13.0 Å². The summed E-state index contributed by atoms with van der Waals surface area (Å²) in [5, 5.41) is 0. The molecule has 2 aromatic rings. The zero-order valence-corrected chi connectivity index (χ0v) is 8.72. The highest BCUT2D eigenvalue weighted by Crippen LogP contribution is 2.17. The van der Waals surface area contributed by atoms with Gasteiger partial charge in [-0.05, 0) is 18.6 Å². The Labute approximate surface area is 89.8 Å². The van der Waals surface area contributed by atoms with E-state index < -0.39 is 0 Å². The molecule has 0 aliphatic rings. The molecule has 1 atom stereocenters. The zero-order valence-electron chi connectivity index (χ0n) is 8.72. The smallest absolute Gasteiger partial charge is 0.0702 e. The van der Waals surface area contributed by atoms with E-state index in [4.69, 9.17) is 5.73 Å². The molecule has 0 saturated heterocycles. The summed E-state index contributed by atoms with van der Waals surface area (Å²) in [5.41, 5.74) is 8.95. The van der Waals surface area contributed by atoms with Gasteiger partial charge < -0.3 is 5.73 Å². The molecule has 1 heterocycles. The molecule has 0 aliphatic carbocycles. The van der Waals surface area contributed by atoms with Gasteiger partial charge in [-0.25, -0.2) is 0 Å². The van der Waals surface area contributed by atoms with Crippen LogP contribution in [0.25, 0.3) is 11.3 Å². The van der Waals surface area contributed by atoms with Crippen LogP contribution in [0.4, 0.5) is 0 Å². The average Bonchev–Trinajstić information content (AvgIpc) is 2.30. The molecule has 1 aromatic heterocycles. The van der Waals surface area contributed by atoms with E-state index in [0.717, 1.165) is 16.8 Å². The van der Waals surface area contributed by atoms with E-state index in [0.29, 0.717) is 0 Å². The van der Waals surface area contributed by atoms with E-state index in [1.807, 2.05) is 55.6 Å². The number of hydrogen-bond donors (Lipinski definition) is 1. The predicted molar refractivity (Wildman–Crippen MR) is 62.3 cm³/mol. The van der Waals surface area contributed by atoms with Crippen molar-refractivity contribution in [3.05, 3.63) is 54.2 Å².